The van der Waals surface area contributed by atoms with Crippen molar-refractivity contribution in [2.75, 3.05) is 13.1 Å². The molecule has 2 aliphatic heterocycles. The van der Waals surface area contributed by atoms with Crippen LogP contribution in [0.25, 0.3) is 6.08 Å². The predicted molar refractivity (Wildman–Crippen MR) is 110 cm³/mol. The number of hydrogen-bond acceptors (Lipinski definition) is 2. The highest BCUT2D eigenvalue weighted by molar-refractivity contribution is 6.73. The Kier molecular flexibility index (Phi) is 6.53. The zero-order chi connectivity index (χ0) is 17.7. The van der Waals surface area contributed by atoms with E-state index in [1.54, 1.807) is 0 Å². The summed E-state index contributed by atoms with van der Waals surface area (Å²) >= 11 is 0. The van der Waals surface area contributed by atoms with Crippen LogP contribution in [-0.4, -0.2) is 38.5 Å². The molecule has 2 atom stereocenters. The lowest BCUT2D eigenvalue weighted by atomic mass is 9.88. The topological polar surface area (TPSA) is 12.5 Å². The maximum absolute atomic E-state index is 7.00. The maximum Gasteiger partial charge on any atom is 0.192 e. The quantitative estimate of drug-likeness (QED) is 0.604. The highest BCUT2D eigenvalue weighted by Gasteiger charge is 2.38. The van der Waals surface area contributed by atoms with Gasteiger partial charge in [-0.2, -0.15) is 0 Å². The van der Waals surface area contributed by atoms with Crippen molar-refractivity contribution >= 4 is 14.4 Å². The zero-order valence-electron chi connectivity index (χ0n) is 16.3. The molecule has 0 aromatic heterocycles. The van der Waals surface area contributed by atoms with Crippen LogP contribution in [0.5, 0.6) is 0 Å². The van der Waals surface area contributed by atoms with E-state index in [1.807, 2.05) is 0 Å². The minimum absolute atomic E-state index is 0.339. The van der Waals surface area contributed by atoms with Crippen LogP contribution in [0.3, 0.4) is 0 Å². The van der Waals surface area contributed by atoms with Gasteiger partial charge >= 0.3 is 0 Å². The lowest BCUT2D eigenvalue weighted by Crippen LogP contribution is -2.51. The Hall–Kier alpha value is -0.903. The molecule has 0 aliphatic carbocycles. The van der Waals surface area contributed by atoms with Crippen LogP contribution in [-0.2, 0) is 4.43 Å². The van der Waals surface area contributed by atoms with Crippen molar-refractivity contribution in [1.29, 1.82) is 0 Å². The third-order valence-corrected chi connectivity index (χ3v) is 11.2. The number of fused-ring (bicyclic) bond motifs is 1. The molecular weight excluding hydrogens is 322 g/mol. The van der Waals surface area contributed by atoms with Crippen molar-refractivity contribution in [2.45, 2.75) is 76.7 Å². The Morgan fingerprint density at radius 2 is 1.80 bits per heavy atom. The second kappa shape index (κ2) is 8.66. The number of hydrogen-bond donors (Lipinski definition) is 0. The van der Waals surface area contributed by atoms with Crippen molar-refractivity contribution in [3.8, 4) is 0 Å². The number of nitrogens with zero attached hydrogens (tertiary/aromatic N) is 1. The monoisotopic (exact) mass is 357 g/mol. The van der Waals surface area contributed by atoms with Crippen LogP contribution >= 0.6 is 0 Å². The SMILES string of the molecule is CC[Si](CC)(CC)O[C@H]1C[C@@H]2CCCCN2C/C1=C/c1ccccc1. The molecule has 2 nitrogen and oxygen atoms in total. The van der Waals surface area contributed by atoms with Crippen LogP contribution in [0.15, 0.2) is 35.9 Å². The molecule has 2 saturated heterocycles. The molecule has 0 N–H and O–H groups in total. The molecule has 2 aliphatic rings. The molecule has 1 aromatic carbocycles. The van der Waals surface area contributed by atoms with Crippen molar-refractivity contribution in [3.63, 3.8) is 0 Å². The predicted octanol–water partition coefficient (Wildman–Crippen LogP) is 5.72. The third kappa shape index (κ3) is 4.44. The first kappa shape index (κ1) is 18.9. The summed E-state index contributed by atoms with van der Waals surface area (Å²) in [6, 6.07) is 15.3. The number of benzene rings is 1. The van der Waals surface area contributed by atoms with Crippen molar-refractivity contribution in [3.05, 3.63) is 41.5 Å². The van der Waals surface area contributed by atoms with Gasteiger partial charge in [0.2, 0.25) is 0 Å². The largest absolute Gasteiger partial charge is 0.410 e. The summed E-state index contributed by atoms with van der Waals surface area (Å²) in [5, 5.41) is 0. The van der Waals surface area contributed by atoms with Crippen molar-refractivity contribution in [1.82, 2.24) is 4.90 Å². The molecule has 0 radical (unpaired) electrons. The molecule has 3 rings (SSSR count). The Bertz CT molecular complexity index is 558. The maximum atomic E-state index is 7.00. The number of piperidine rings is 2. The molecule has 0 bridgehead atoms. The Labute approximate surface area is 155 Å². The zero-order valence-corrected chi connectivity index (χ0v) is 17.3. The average Bonchev–Trinajstić information content (AvgIpc) is 2.67. The van der Waals surface area contributed by atoms with Gasteiger partial charge in [0.25, 0.3) is 0 Å². The van der Waals surface area contributed by atoms with Gasteiger partial charge in [0.05, 0.1) is 6.10 Å². The molecule has 1 aromatic rings. The third-order valence-electron chi connectivity index (χ3n) is 6.51. The molecule has 3 heteroatoms. The lowest BCUT2D eigenvalue weighted by molar-refractivity contribution is 0.0687. The molecular formula is C22H35NOSi. The molecule has 0 saturated carbocycles. The molecule has 0 spiro atoms. The Morgan fingerprint density at radius 1 is 1.08 bits per heavy atom. The first-order chi connectivity index (χ1) is 12.2. The minimum Gasteiger partial charge on any atom is -0.410 e. The Balaban J connectivity index is 1.86. The van der Waals surface area contributed by atoms with E-state index >= 15 is 0 Å². The molecule has 25 heavy (non-hydrogen) atoms. The highest BCUT2D eigenvalue weighted by Crippen LogP contribution is 2.35. The molecule has 2 heterocycles. The van der Waals surface area contributed by atoms with Crippen LogP contribution in [0.2, 0.25) is 18.1 Å². The molecule has 0 unspecified atom stereocenters. The molecule has 0 amide bonds. The summed E-state index contributed by atoms with van der Waals surface area (Å²) in [6.45, 7) is 9.40. The first-order valence-corrected chi connectivity index (χ1v) is 12.9. The summed E-state index contributed by atoms with van der Waals surface area (Å²) in [4.78, 5) is 2.71. The van der Waals surface area contributed by atoms with E-state index in [-0.39, 0.29) is 0 Å². The Morgan fingerprint density at radius 3 is 2.48 bits per heavy atom. The van der Waals surface area contributed by atoms with Crippen LogP contribution in [0, 0.1) is 0 Å². The highest BCUT2D eigenvalue weighted by atomic mass is 28.4. The number of rotatable bonds is 6. The summed E-state index contributed by atoms with van der Waals surface area (Å²) in [5.41, 5.74) is 2.83. The van der Waals surface area contributed by atoms with Crippen molar-refractivity contribution < 1.29 is 4.43 Å². The lowest BCUT2D eigenvalue weighted by Gasteiger charge is -2.46. The van der Waals surface area contributed by atoms with Gasteiger partial charge in [0.15, 0.2) is 8.32 Å². The van der Waals surface area contributed by atoms with Gasteiger partial charge in [-0.15, -0.1) is 0 Å². The first-order valence-electron chi connectivity index (χ1n) is 10.4. The fourth-order valence-electron chi connectivity index (χ4n) is 4.60. The van der Waals surface area contributed by atoms with Gasteiger partial charge in [0.1, 0.15) is 0 Å². The smallest absolute Gasteiger partial charge is 0.192 e. The standard InChI is InChI=1S/C22H35NOSi/c1-4-25(5-2,6-3)24-22-17-21-14-10-11-15-23(21)18-20(22)16-19-12-8-7-9-13-19/h7-9,12-13,16,21-22H,4-6,10-11,14-15,17-18H2,1-3H3/b20-16-/t21-,22-/m0/s1. The summed E-state index contributed by atoms with van der Waals surface area (Å²) in [7, 11) is -1.58. The summed E-state index contributed by atoms with van der Waals surface area (Å²) in [5.74, 6) is 0. The molecule has 138 valence electrons. The van der Waals surface area contributed by atoms with Crippen LogP contribution in [0.4, 0.5) is 0 Å². The summed E-state index contributed by atoms with van der Waals surface area (Å²) in [6.07, 6.45) is 8.06. The second-order valence-electron chi connectivity index (χ2n) is 7.84. The minimum atomic E-state index is -1.58. The van der Waals surface area contributed by atoms with E-state index in [1.165, 1.54) is 61.5 Å². The van der Waals surface area contributed by atoms with Crippen LogP contribution < -0.4 is 0 Å². The van der Waals surface area contributed by atoms with E-state index in [2.05, 4.69) is 62.1 Å². The van der Waals surface area contributed by atoms with Gasteiger partial charge in [-0.25, -0.2) is 0 Å². The van der Waals surface area contributed by atoms with E-state index in [4.69, 9.17) is 4.43 Å². The van der Waals surface area contributed by atoms with Gasteiger partial charge in [-0.3, -0.25) is 4.90 Å². The van der Waals surface area contributed by atoms with E-state index in [0.29, 0.717) is 6.10 Å². The fourth-order valence-corrected chi connectivity index (χ4v) is 7.45. The van der Waals surface area contributed by atoms with Gasteiger partial charge in [-0.05, 0) is 55.1 Å². The average molecular weight is 358 g/mol. The van der Waals surface area contributed by atoms with Gasteiger partial charge in [-0.1, -0.05) is 63.6 Å². The van der Waals surface area contributed by atoms with Crippen LogP contribution in [0.1, 0.15) is 52.0 Å². The normalized spacial score (nSPS) is 26.6. The van der Waals surface area contributed by atoms with E-state index < -0.39 is 8.32 Å². The van der Waals surface area contributed by atoms with E-state index in [9.17, 15) is 0 Å². The second-order valence-corrected chi connectivity index (χ2v) is 12.6. The fraction of sp³-hybridized carbons (Fsp3) is 0.636. The van der Waals surface area contributed by atoms with E-state index in [0.717, 1.165) is 12.6 Å². The summed E-state index contributed by atoms with van der Waals surface area (Å²) < 4.78 is 7.00. The van der Waals surface area contributed by atoms with Gasteiger partial charge in [0, 0.05) is 12.6 Å². The van der Waals surface area contributed by atoms with Crippen molar-refractivity contribution in [2.24, 2.45) is 0 Å². The van der Waals surface area contributed by atoms with Gasteiger partial charge < -0.3 is 4.43 Å². The molecule has 2 fully saturated rings.